The third-order valence-corrected chi connectivity index (χ3v) is 3.16. The predicted octanol–water partition coefficient (Wildman–Crippen LogP) is 1.71. The van der Waals surface area contributed by atoms with Gasteiger partial charge in [-0.2, -0.15) is 0 Å². The van der Waals surface area contributed by atoms with Crippen LogP contribution < -0.4 is 11.1 Å². The van der Waals surface area contributed by atoms with Gasteiger partial charge in [-0.1, -0.05) is 25.1 Å². The minimum atomic E-state index is 0.287. The van der Waals surface area contributed by atoms with Gasteiger partial charge in [0.1, 0.15) is 16.5 Å². The zero-order valence-electron chi connectivity index (χ0n) is 9.15. The van der Waals surface area contributed by atoms with Crippen LogP contribution in [0, 0.1) is 5.92 Å². The summed E-state index contributed by atoms with van der Waals surface area (Å²) in [5.41, 5.74) is 6.02. The van der Waals surface area contributed by atoms with Crippen molar-refractivity contribution in [2.24, 2.45) is 11.7 Å². The number of nitrogens with one attached hydrogen (secondary N) is 1. The van der Waals surface area contributed by atoms with Gasteiger partial charge in [-0.3, -0.25) is 0 Å². The highest BCUT2D eigenvalue weighted by molar-refractivity contribution is 7.80. The normalized spacial score (nSPS) is 16.2. The molecule has 5 heteroatoms. The van der Waals surface area contributed by atoms with Crippen molar-refractivity contribution >= 4 is 23.0 Å². The molecule has 1 aliphatic carbocycles. The third kappa shape index (κ3) is 2.88. The van der Waals surface area contributed by atoms with Crippen LogP contribution in [0.25, 0.3) is 0 Å². The van der Waals surface area contributed by atoms with E-state index in [1.165, 1.54) is 25.7 Å². The molecule has 16 heavy (non-hydrogen) atoms. The average Bonchev–Trinajstić information content (AvgIpc) is 2.80. The first-order valence-electron chi connectivity index (χ1n) is 5.61. The summed E-state index contributed by atoms with van der Waals surface area (Å²) < 4.78 is 0. The summed E-state index contributed by atoms with van der Waals surface area (Å²) in [7, 11) is 0. The highest BCUT2D eigenvalue weighted by Crippen LogP contribution is 2.24. The standard InChI is InChI=1S/C11H16N4S/c12-11(16)9-6-15-10(7-13-9)14-5-8-3-1-2-4-8/h6-8H,1-5H2,(H2,12,16)(H,14,15). The van der Waals surface area contributed by atoms with Crippen LogP contribution in [-0.4, -0.2) is 21.5 Å². The second kappa shape index (κ2) is 5.21. The molecular weight excluding hydrogens is 220 g/mol. The van der Waals surface area contributed by atoms with Crippen molar-refractivity contribution < 1.29 is 0 Å². The van der Waals surface area contributed by atoms with Crippen molar-refractivity contribution in [1.82, 2.24) is 9.97 Å². The molecular formula is C11H16N4S. The van der Waals surface area contributed by atoms with E-state index in [4.69, 9.17) is 18.0 Å². The topological polar surface area (TPSA) is 63.8 Å². The van der Waals surface area contributed by atoms with Gasteiger partial charge in [-0.15, -0.1) is 0 Å². The molecule has 0 aromatic carbocycles. The number of hydrogen-bond donors (Lipinski definition) is 2. The van der Waals surface area contributed by atoms with Gasteiger partial charge in [0.15, 0.2) is 0 Å². The van der Waals surface area contributed by atoms with E-state index in [9.17, 15) is 0 Å². The zero-order chi connectivity index (χ0) is 11.4. The summed E-state index contributed by atoms with van der Waals surface area (Å²) >= 11 is 4.81. The molecule has 1 heterocycles. The molecule has 1 aliphatic rings. The van der Waals surface area contributed by atoms with Crippen LogP contribution in [0.2, 0.25) is 0 Å². The van der Waals surface area contributed by atoms with Crippen molar-refractivity contribution in [3.05, 3.63) is 18.1 Å². The Labute approximate surface area is 101 Å². The van der Waals surface area contributed by atoms with Gasteiger partial charge in [0, 0.05) is 6.54 Å². The molecule has 86 valence electrons. The maximum atomic E-state index is 5.45. The lowest BCUT2D eigenvalue weighted by Crippen LogP contribution is -2.14. The van der Waals surface area contributed by atoms with Crippen molar-refractivity contribution in [3.63, 3.8) is 0 Å². The van der Waals surface area contributed by atoms with E-state index in [1.54, 1.807) is 12.4 Å². The fourth-order valence-electron chi connectivity index (χ4n) is 2.01. The fraction of sp³-hybridized carbons (Fsp3) is 0.545. The molecule has 0 bridgehead atoms. The monoisotopic (exact) mass is 236 g/mol. The number of thiocarbonyl (C=S) groups is 1. The minimum Gasteiger partial charge on any atom is -0.388 e. The van der Waals surface area contributed by atoms with Crippen LogP contribution in [0.15, 0.2) is 12.4 Å². The van der Waals surface area contributed by atoms with Crippen molar-refractivity contribution in [3.8, 4) is 0 Å². The van der Waals surface area contributed by atoms with Crippen molar-refractivity contribution in [2.75, 3.05) is 11.9 Å². The first-order valence-corrected chi connectivity index (χ1v) is 6.02. The number of rotatable bonds is 4. The molecule has 1 aromatic rings. The highest BCUT2D eigenvalue weighted by Gasteiger charge is 2.14. The Hall–Kier alpha value is -1.23. The molecule has 0 amide bonds. The summed E-state index contributed by atoms with van der Waals surface area (Å²) in [6.45, 7) is 0.987. The van der Waals surface area contributed by atoms with Crippen molar-refractivity contribution in [1.29, 1.82) is 0 Å². The maximum absolute atomic E-state index is 5.45. The molecule has 1 aromatic heterocycles. The first kappa shape index (κ1) is 11.3. The lowest BCUT2D eigenvalue weighted by Gasteiger charge is -2.10. The Morgan fingerprint density at radius 2 is 2.12 bits per heavy atom. The summed E-state index contributed by atoms with van der Waals surface area (Å²) in [5, 5.41) is 3.30. The number of aromatic nitrogens is 2. The Bertz CT molecular complexity index is 357. The van der Waals surface area contributed by atoms with Crippen LogP contribution in [0.3, 0.4) is 0 Å². The maximum Gasteiger partial charge on any atom is 0.144 e. The zero-order valence-corrected chi connectivity index (χ0v) is 9.96. The second-order valence-corrected chi connectivity index (χ2v) is 4.62. The smallest absolute Gasteiger partial charge is 0.144 e. The van der Waals surface area contributed by atoms with Gasteiger partial charge in [-0.05, 0) is 18.8 Å². The molecule has 0 atom stereocenters. The molecule has 0 spiro atoms. The third-order valence-electron chi connectivity index (χ3n) is 2.95. The van der Waals surface area contributed by atoms with E-state index >= 15 is 0 Å². The predicted molar refractivity (Wildman–Crippen MR) is 68.4 cm³/mol. The fourth-order valence-corrected chi connectivity index (χ4v) is 2.12. The lowest BCUT2D eigenvalue weighted by molar-refractivity contribution is 0.579. The summed E-state index contributed by atoms with van der Waals surface area (Å²) in [4.78, 5) is 8.64. The van der Waals surface area contributed by atoms with E-state index in [2.05, 4.69) is 15.3 Å². The molecule has 2 rings (SSSR count). The van der Waals surface area contributed by atoms with E-state index in [-0.39, 0.29) is 4.99 Å². The molecule has 1 saturated carbocycles. The van der Waals surface area contributed by atoms with Gasteiger partial charge in [-0.25, -0.2) is 9.97 Å². The quantitative estimate of drug-likeness (QED) is 0.779. The summed E-state index contributed by atoms with van der Waals surface area (Å²) in [6.07, 6.45) is 8.66. The van der Waals surface area contributed by atoms with Crippen LogP contribution in [0.5, 0.6) is 0 Å². The van der Waals surface area contributed by atoms with Crippen LogP contribution in [0.4, 0.5) is 5.82 Å². The van der Waals surface area contributed by atoms with Crippen LogP contribution >= 0.6 is 12.2 Å². The minimum absolute atomic E-state index is 0.287. The number of anilines is 1. The molecule has 4 nitrogen and oxygen atoms in total. The van der Waals surface area contributed by atoms with E-state index in [0.29, 0.717) is 5.69 Å². The Morgan fingerprint density at radius 3 is 2.69 bits per heavy atom. The molecule has 0 radical (unpaired) electrons. The Morgan fingerprint density at radius 1 is 1.38 bits per heavy atom. The molecule has 0 saturated heterocycles. The number of hydrogen-bond acceptors (Lipinski definition) is 4. The van der Waals surface area contributed by atoms with E-state index in [0.717, 1.165) is 18.3 Å². The lowest BCUT2D eigenvalue weighted by atomic mass is 10.1. The van der Waals surface area contributed by atoms with Crippen molar-refractivity contribution in [2.45, 2.75) is 25.7 Å². The van der Waals surface area contributed by atoms with Gasteiger partial charge in [0.2, 0.25) is 0 Å². The average molecular weight is 236 g/mol. The van der Waals surface area contributed by atoms with Gasteiger partial charge in [0.05, 0.1) is 12.4 Å². The number of nitrogens with two attached hydrogens (primary N) is 1. The van der Waals surface area contributed by atoms with E-state index < -0.39 is 0 Å². The summed E-state index contributed by atoms with van der Waals surface area (Å²) in [6, 6.07) is 0. The molecule has 0 aliphatic heterocycles. The highest BCUT2D eigenvalue weighted by atomic mass is 32.1. The van der Waals surface area contributed by atoms with Crippen LogP contribution in [-0.2, 0) is 0 Å². The van der Waals surface area contributed by atoms with Gasteiger partial charge in [0.25, 0.3) is 0 Å². The first-order chi connectivity index (χ1) is 7.75. The second-order valence-electron chi connectivity index (χ2n) is 4.18. The van der Waals surface area contributed by atoms with E-state index in [1.807, 2.05) is 0 Å². The van der Waals surface area contributed by atoms with Gasteiger partial charge >= 0.3 is 0 Å². The number of nitrogens with zero attached hydrogens (tertiary/aromatic N) is 2. The molecule has 3 N–H and O–H groups in total. The van der Waals surface area contributed by atoms with Crippen LogP contribution in [0.1, 0.15) is 31.4 Å². The molecule has 1 fully saturated rings. The summed E-state index contributed by atoms with van der Waals surface area (Å²) in [5.74, 6) is 1.59. The SMILES string of the molecule is NC(=S)c1cnc(NCC2CCCC2)cn1. The largest absolute Gasteiger partial charge is 0.388 e. The molecule has 0 unspecified atom stereocenters. The Kier molecular flexibility index (Phi) is 3.66. The Balaban J connectivity index is 1.87. The van der Waals surface area contributed by atoms with Gasteiger partial charge < -0.3 is 11.1 Å².